The Bertz CT molecular complexity index is 1470. The Morgan fingerprint density at radius 3 is 2.63 bits per heavy atom. The summed E-state index contributed by atoms with van der Waals surface area (Å²) in [5, 5.41) is 22.0. The molecule has 0 saturated heterocycles. The van der Waals surface area contributed by atoms with Gasteiger partial charge in [0.2, 0.25) is 17.8 Å². The lowest BCUT2D eigenvalue weighted by Gasteiger charge is -2.16. The fourth-order valence-electron chi connectivity index (χ4n) is 4.25. The summed E-state index contributed by atoms with van der Waals surface area (Å²) in [7, 11) is 5.58. The molecular weight excluding hydrogens is 528 g/mol. The molecule has 0 saturated carbocycles. The van der Waals surface area contributed by atoms with E-state index in [4.69, 9.17) is 9.47 Å². The molecule has 2 heterocycles. The van der Waals surface area contributed by atoms with E-state index in [1.807, 2.05) is 13.2 Å². The molecule has 0 bridgehead atoms. The molecule has 2 aromatic carbocycles. The number of nitrogens with one attached hydrogen (secondary N) is 6. The third-order valence-electron chi connectivity index (χ3n) is 6.20. The standard InChI is InChI=1S/C28H34N8O5/c1-29-11-4-12-36(2)15-18-14-30-26-25(18)27(32-17-31-26)33-20-7-10-22(23(13-20)41-16-24(37)38)35-28(39)34-19-5-8-21(40-3)9-6-19/h5-10,13-14,17,29H,4,11-12,15-16H2,1-3H3,(H,37,38)(H2,34,35,39)(H2,30,31,32,33)/p+1. The second-order valence-corrected chi connectivity index (χ2v) is 9.34. The number of benzene rings is 2. The normalized spacial score (nSPS) is 10.9. The van der Waals surface area contributed by atoms with E-state index in [1.165, 1.54) is 0 Å². The quantitative estimate of drug-likeness (QED) is 0.126. The molecule has 0 spiro atoms. The average Bonchev–Trinajstić information content (AvgIpc) is 3.37. The van der Waals surface area contributed by atoms with Crippen molar-refractivity contribution in [1.29, 1.82) is 0 Å². The maximum atomic E-state index is 12.7. The number of amides is 2. The summed E-state index contributed by atoms with van der Waals surface area (Å²) in [6.45, 7) is 2.02. The second-order valence-electron chi connectivity index (χ2n) is 9.34. The molecular formula is C28H35N8O5+. The van der Waals surface area contributed by atoms with Crippen molar-refractivity contribution >= 4 is 45.9 Å². The lowest BCUT2D eigenvalue weighted by atomic mass is 10.2. The van der Waals surface area contributed by atoms with Crippen LogP contribution >= 0.6 is 0 Å². The number of rotatable bonds is 14. The van der Waals surface area contributed by atoms with Crippen LogP contribution in [0.5, 0.6) is 11.5 Å². The monoisotopic (exact) mass is 563 g/mol. The zero-order valence-corrected chi connectivity index (χ0v) is 23.2. The number of nitrogens with zero attached hydrogens (tertiary/aromatic N) is 2. The van der Waals surface area contributed by atoms with Gasteiger partial charge in [0.25, 0.3) is 0 Å². The van der Waals surface area contributed by atoms with E-state index >= 15 is 0 Å². The number of carbonyl (C=O) groups excluding carboxylic acids is 1. The molecule has 0 fully saturated rings. The molecule has 0 aliphatic carbocycles. The first-order valence-electron chi connectivity index (χ1n) is 13.0. The molecule has 0 aliphatic heterocycles. The maximum Gasteiger partial charge on any atom is 0.341 e. The first kappa shape index (κ1) is 29.1. The number of hydrogen-bond donors (Lipinski definition) is 6. The Morgan fingerprint density at radius 2 is 1.90 bits per heavy atom. The van der Waals surface area contributed by atoms with E-state index in [2.05, 4.69) is 48.2 Å². The molecule has 7 N–H and O–H groups in total. The minimum atomic E-state index is -1.14. The smallest absolute Gasteiger partial charge is 0.341 e. The van der Waals surface area contributed by atoms with Crippen LogP contribution < -0.4 is 35.7 Å². The molecule has 0 aliphatic rings. The number of aromatic nitrogens is 3. The molecule has 13 nitrogen and oxygen atoms in total. The van der Waals surface area contributed by atoms with Crippen molar-refractivity contribution in [2.24, 2.45) is 0 Å². The highest BCUT2D eigenvalue weighted by atomic mass is 16.5. The van der Waals surface area contributed by atoms with Crippen LogP contribution in [0.25, 0.3) is 11.0 Å². The highest BCUT2D eigenvalue weighted by Crippen LogP contribution is 2.32. The van der Waals surface area contributed by atoms with Gasteiger partial charge in [-0.25, -0.2) is 14.6 Å². The van der Waals surface area contributed by atoms with Gasteiger partial charge in [0.1, 0.15) is 16.9 Å². The van der Waals surface area contributed by atoms with Crippen LogP contribution in [0.1, 0.15) is 12.0 Å². The lowest BCUT2D eigenvalue weighted by molar-refractivity contribution is -0.352. The van der Waals surface area contributed by atoms with E-state index in [1.54, 1.807) is 55.9 Å². The third kappa shape index (κ3) is 8.06. The first-order valence-corrected chi connectivity index (χ1v) is 13.0. The van der Waals surface area contributed by atoms with E-state index < -0.39 is 18.6 Å². The van der Waals surface area contributed by atoms with Gasteiger partial charge in [-0.2, -0.15) is 0 Å². The topological polar surface area (TPSA) is 167 Å². The van der Waals surface area contributed by atoms with Crippen molar-refractivity contribution in [3.63, 3.8) is 0 Å². The summed E-state index contributed by atoms with van der Waals surface area (Å²) < 4.78 is 10.6. The van der Waals surface area contributed by atoms with Crippen molar-refractivity contribution in [2.75, 3.05) is 56.9 Å². The molecule has 0 unspecified atom stereocenters. The van der Waals surface area contributed by atoms with Gasteiger partial charge < -0.3 is 40.7 Å². The van der Waals surface area contributed by atoms with Crippen molar-refractivity contribution in [2.45, 2.75) is 13.0 Å². The second kappa shape index (κ2) is 14.0. The van der Waals surface area contributed by atoms with Crippen LogP contribution in [0.3, 0.4) is 0 Å². The molecule has 13 heteroatoms. The van der Waals surface area contributed by atoms with E-state index in [0.717, 1.165) is 42.7 Å². The minimum Gasteiger partial charge on any atom is -0.497 e. The minimum absolute atomic E-state index is 0.180. The van der Waals surface area contributed by atoms with Gasteiger partial charge in [-0.15, -0.1) is 0 Å². The Hall–Kier alpha value is -4.88. The predicted molar refractivity (Wildman–Crippen MR) is 156 cm³/mol. The highest BCUT2D eigenvalue weighted by molar-refractivity contribution is 6.01. The lowest BCUT2D eigenvalue weighted by Crippen LogP contribution is -2.22. The summed E-state index contributed by atoms with van der Waals surface area (Å²) in [5.41, 5.74) is 3.33. The van der Waals surface area contributed by atoms with Crippen LogP contribution in [-0.2, 0) is 11.3 Å². The zero-order valence-electron chi connectivity index (χ0n) is 23.2. The van der Waals surface area contributed by atoms with Crippen LogP contribution in [0.15, 0.2) is 55.0 Å². The molecule has 216 valence electrons. The summed E-state index contributed by atoms with van der Waals surface area (Å²) >= 11 is 0. The Labute approximate surface area is 237 Å². The van der Waals surface area contributed by atoms with Crippen molar-refractivity contribution < 1.29 is 29.2 Å². The highest BCUT2D eigenvalue weighted by Gasteiger charge is 2.19. The summed E-state index contributed by atoms with van der Waals surface area (Å²) in [4.78, 5) is 37.0. The van der Waals surface area contributed by atoms with Gasteiger partial charge in [-0.3, -0.25) is 4.98 Å². The zero-order chi connectivity index (χ0) is 29.2. The summed E-state index contributed by atoms with van der Waals surface area (Å²) in [6.07, 6.45) is 4.57. The number of H-pyrrole nitrogens is 2. The van der Waals surface area contributed by atoms with Crippen molar-refractivity contribution in [3.8, 4) is 11.5 Å². The molecule has 4 aromatic rings. The van der Waals surface area contributed by atoms with Gasteiger partial charge in [0.05, 0.1) is 19.0 Å². The number of methoxy groups -OCH3 is 1. The number of aliphatic carboxylic acids is 1. The van der Waals surface area contributed by atoms with Gasteiger partial charge in [0.15, 0.2) is 6.61 Å². The fourth-order valence-corrected chi connectivity index (χ4v) is 4.25. The van der Waals surface area contributed by atoms with Crippen molar-refractivity contribution in [1.82, 2.24) is 20.2 Å². The number of hydrogen-bond acceptors (Lipinski definition) is 8. The SMILES string of the molecule is CNCCCN(C)Cc1c[nH]c2[nH+]cnc(Nc3ccc(NC(=O)Nc4ccc(OC)cc4)c(OCC(=O)O)c3)c12. The Balaban J connectivity index is 1.53. The van der Waals surface area contributed by atoms with Crippen molar-refractivity contribution in [3.05, 3.63) is 60.6 Å². The molecule has 0 atom stereocenters. The number of aromatic amines is 2. The summed E-state index contributed by atoms with van der Waals surface area (Å²) in [5.74, 6) is 0.310. The number of anilines is 4. The van der Waals surface area contributed by atoms with Gasteiger partial charge in [0, 0.05) is 29.5 Å². The third-order valence-corrected chi connectivity index (χ3v) is 6.20. The number of urea groups is 1. The Kier molecular flexibility index (Phi) is 9.91. The van der Waals surface area contributed by atoms with E-state index in [-0.39, 0.29) is 5.75 Å². The molecule has 2 aromatic heterocycles. The van der Waals surface area contributed by atoms with Gasteiger partial charge >= 0.3 is 12.0 Å². The average molecular weight is 564 g/mol. The number of fused-ring (bicyclic) bond motifs is 1. The number of carbonyl (C=O) groups is 2. The number of ether oxygens (including phenoxy) is 2. The first-order chi connectivity index (χ1) is 19.9. The molecule has 2 amide bonds. The van der Waals surface area contributed by atoms with E-state index in [9.17, 15) is 14.7 Å². The van der Waals surface area contributed by atoms with Crippen LogP contribution in [-0.4, -0.2) is 72.9 Å². The fraction of sp³-hybridized carbons (Fsp3) is 0.286. The largest absolute Gasteiger partial charge is 0.497 e. The Morgan fingerprint density at radius 1 is 1.12 bits per heavy atom. The van der Waals surface area contributed by atoms with Gasteiger partial charge in [-0.05, 0) is 70.0 Å². The summed E-state index contributed by atoms with van der Waals surface area (Å²) in [6, 6.07) is 11.3. The maximum absolute atomic E-state index is 12.7. The van der Waals surface area contributed by atoms with Crippen LogP contribution in [0, 0.1) is 0 Å². The molecule has 4 rings (SSSR count). The van der Waals surface area contributed by atoms with E-state index in [0.29, 0.717) is 28.6 Å². The van der Waals surface area contributed by atoms with Crippen LogP contribution in [0.4, 0.5) is 27.7 Å². The van der Waals surface area contributed by atoms with Gasteiger partial charge in [-0.1, -0.05) is 4.98 Å². The molecule has 41 heavy (non-hydrogen) atoms. The number of carboxylic acid groups (broad SMARTS) is 1. The molecule has 0 radical (unpaired) electrons. The number of carboxylic acids is 1. The predicted octanol–water partition coefficient (Wildman–Crippen LogP) is 3.28. The van der Waals surface area contributed by atoms with Crippen LogP contribution in [0.2, 0.25) is 0 Å².